The molecular weight excluding hydrogens is 357 g/mol. The molecule has 0 N–H and O–H groups in total. The van der Waals surface area contributed by atoms with Crippen LogP contribution >= 0.6 is 0 Å². The monoisotopic (exact) mass is 379 g/mol. The van der Waals surface area contributed by atoms with E-state index in [1.807, 2.05) is 24.3 Å². The molecule has 3 atom stereocenters. The van der Waals surface area contributed by atoms with Crippen LogP contribution in [-0.2, 0) is 9.53 Å². The van der Waals surface area contributed by atoms with E-state index in [9.17, 15) is 14.0 Å². The number of Topliss-reactive ketones (excluding diaryl/α,β-unsaturated/α-hetero) is 1. The van der Waals surface area contributed by atoms with Gasteiger partial charge in [0.1, 0.15) is 6.61 Å². The van der Waals surface area contributed by atoms with Gasteiger partial charge in [0.2, 0.25) is 0 Å². The summed E-state index contributed by atoms with van der Waals surface area (Å²) >= 11 is 0. The summed E-state index contributed by atoms with van der Waals surface area (Å²) in [5.74, 6) is -0.402. The van der Waals surface area contributed by atoms with Crippen LogP contribution in [0.2, 0.25) is 0 Å². The first-order valence-electron chi connectivity index (χ1n) is 9.95. The zero-order valence-corrected chi connectivity index (χ0v) is 15.5. The molecule has 2 bridgehead atoms. The van der Waals surface area contributed by atoms with Crippen molar-refractivity contribution in [3.8, 4) is 11.1 Å². The van der Waals surface area contributed by atoms with Crippen LogP contribution in [0.15, 0.2) is 48.5 Å². The lowest BCUT2D eigenvalue weighted by atomic mass is 9.83. The molecule has 0 spiro atoms. The number of nitrogens with zero attached hydrogens (tertiary/aromatic N) is 1. The summed E-state index contributed by atoms with van der Waals surface area (Å²) < 4.78 is 20.1. The van der Waals surface area contributed by atoms with Crippen molar-refractivity contribution in [1.29, 1.82) is 0 Å². The second-order valence-corrected chi connectivity index (χ2v) is 7.94. The summed E-state index contributed by atoms with van der Waals surface area (Å²) in [5.41, 5.74) is 4.63. The molecule has 28 heavy (non-hydrogen) atoms. The lowest BCUT2D eigenvalue weighted by Gasteiger charge is -2.45. The van der Waals surface area contributed by atoms with Gasteiger partial charge in [-0.1, -0.05) is 48.5 Å². The average Bonchev–Trinajstić information content (AvgIpc) is 3.04. The minimum atomic E-state index is -1.59. The van der Waals surface area contributed by atoms with Crippen molar-refractivity contribution in [1.82, 2.24) is 4.90 Å². The van der Waals surface area contributed by atoms with Gasteiger partial charge in [-0.05, 0) is 41.5 Å². The molecule has 0 aromatic heterocycles. The first kappa shape index (κ1) is 17.4. The van der Waals surface area contributed by atoms with Crippen molar-refractivity contribution in [3.05, 3.63) is 59.7 Å². The predicted octanol–water partition coefficient (Wildman–Crippen LogP) is 4.47. The number of carbonyl (C=O) groups is 2. The predicted molar refractivity (Wildman–Crippen MR) is 103 cm³/mol. The summed E-state index contributed by atoms with van der Waals surface area (Å²) in [5, 5.41) is 0. The third kappa shape index (κ3) is 2.64. The van der Waals surface area contributed by atoms with Crippen LogP contribution in [0.3, 0.4) is 0 Å². The van der Waals surface area contributed by atoms with E-state index < -0.39 is 18.3 Å². The zero-order valence-electron chi connectivity index (χ0n) is 15.5. The number of amides is 1. The van der Waals surface area contributed by atoms with Crippen LogP contribution in [0.5, 0.6) is 0 Å². The van der Waals surface area contributed by atoms with Crippen molar-refractivity contribution < 1.29 is 18.7 Å². The zero-order chi connectivity index (χ0) is 19.3. The third-order valence-electron chi connectivity index (χ3n) is 6.42. The smallest absolute Gasteiger partial charge is 0.410 e. The third-order valence-corrected chi connectivity index (χ3v) is 6.42. The minimum Gasteiger partial charge on any atom is -0.448 e. The number of carbonyl (C=O) groups excluding carboxylic acids is 2. The average molecular weight is 379 g/mol. The van der Waals surface area contributed by atoms with Crippen LogP contribution in [-0.4, -0.2) is 41.6 Å². The summed E-state index contributed by atoms with van der Waals surface area (Å²) in [7, 11) is 0. The topological polar surface area (TPSA) is 46.6 Å². The lowest BCUT2D eigenvalue weighted by molar-refractivity contribution is -0.134. The Bertz CT molecular complexity index is 897. The van der Waals surface area contributed by atoms with E-state index in [4.69, 9.17) is 4.74 Å². The summed E-state index contributed by atoms with van der Waals surface area (Å²) in [6.45, 7) is 0.216. The van der Waals surface area contributed by atoms with Gasteiger partial charge in [0.05, 0.1) is 6.04 Å². The Balaban J connectivity index is 1.37. The molecule has 2 aromatic carbocycles. The molecular formula is C23H22FNO3. The van der Waals surface area contributed by atoms with E-state index >= 15 is 0 Å². The molecule has 5 rings (SSSR count). The van der Waals surface area contributed by atoms with Gasteiger partial charge >= 0.3 is 6.09 Å². The van der Waals surface area contributed by atoms with Crippen LogP contribution in [0.1, 0.15) is 42.7 Å². The molecule has 0 saturated carbocycles. The van der Waals surface area contributed by atoms with Crippen molar-refractivity contribution in [2.24, 2.45) is 0 Å². The Morgan fingerprint density at radius 2 is 1.68 bits per heavy atom. The normalized spacial score (nSPS) is 26.0. The fraction of sp³-hybridized carbons (Fsp3) is 0.391. The Hall–Kier alpha value is -2.69. The first-order chi connectivity index (χ1) is 13.6. The van der Waals surface area contributed by atoms with Crippen molar-refractivity contribution in [2.75, 3.05) is 6.61 Å². The Morgan fingerprint density at radius 1 is 1.04 bits per heavy atom. The number of ether oxygens (including phenoxy) is 1. The molecule has 1 aliphatic carbocycles. The molecule has 4 nitrogen and oxygen atoms in total. The van der Waals surface area contributed by atoms with Gasteiger partial charge in [0.15, 0.2) is 12.0 Å². The van der Waals surface area contributed by atoms with E-state index in [1.165, 1.54) is 16.0 Å². The van der Waals surface area contributed by atoms with Gasteiger partial charge in [-0.2, -0.15) is 0 Å². The molecule has 5 heteroatoms. The Labute approximate surface area is 163 Å². The number of fused-ring (bicyclic) bond motifs is 5. The van der Waals surface area contributed by atoms with Crippen LogP contribution in [0.25, 0.3) is 11.1 Å². The van der Waals surface area contributed by atoms with Gasteiger partial charge in [-0.25, -0.2) is 9.18 Å². The second-order valence-electron chi connectivity index (χ2n) is 7.94. The molecule has 2 fully saturated rings. The Kier molecular flexibility index (Phi) is 4.18. The number of rotatable bonds is 2. The van der Waals surface area contributed by atoms with E-state index in [0.717, 1.165) is 24.0 Å². The molecule has 2 aromatic rings. The molecule has 2 heterocycles. The van der Waals surface area contributed by atoms with E-state index in [1.54, 1.807) is 0 Å². The second kappa shape index (κ2) is 6.73. The quantitative estimate of drug-likeness (QED) is 0.773. The maximum absolute atomic E-state index is 14.4. The van der Waals surface area contributed by atoms with Crippen LogP contribution in [0, 0.1) is 0 Å². The highest BCUT2D eigenvalue weighted by molar-refractivity contribution is 5.87. The maximum Gasteiger partial charge on any atom is 0.410 e. The van der Waals surface area contributed by atoms with Gasteiger partial charge in [-0.3, -0.25) is 9.69 Å². The summed E-state index contributed by atoms with van der Waals surface area (Å²) in [4.78, 5) is 26.2. The fourth-order valence-corrected chi connectivity index (χ4v) is 5.11. The van der Waals surface area contributed by atoms with Gasteiger partial charge in [0, 0.05) is 18.4 Å². The molecule has 3 unspecified atom stereocenters. The molecule has 1 amide bonds. The van der Waals surface area contributed by atoms with Crippen molar-refractivity contribution in [3.63, 3.8) is 0 Å². The number of alkyl halides is 1. The standard InChI is InChI=1S/C23H22FNO3/c24-22-20-11-5-6-14(12-21(22)26)25(20)23(27)28-13-19-17-9-3-1-7-15(17)16-8-2-4-10-18(16)19/h1-4,7-10,14,19-20,22H,5-6,11-13H2. The first-order valence-corrected chi connectivity index (χ1v) is 9.95. The highest BCUT2D eigenvalue weighted by Crippen LogP contribution is 2.44. The van der Waals surface area contributed by atoms with E-state index in [0.29, 0.717) is 6.42 Å². The number of halogens is 1. The minimum absolute atomic E-state index is 0.0243. The number of hydrogen-bond acceptors (Lipinski definition) is 3. The van der Waals surface area contributed by atoms with Gasteiger partial charge < -0.3 is 4.74 Å². The lowest BCUT2D eigenvalue weighted by Crippen LogP contribution is -2.60. The number of benzene rings is 2. The van der Waals surface area contributed by atoms with Gasteiger partial charge in [0.25, 0.3) is 0 Å². The van der Waals surface area contributed by atoms with Crippen molar-refractivity contribution >= 4 is 11.9 Å². The largest absolute Gasteiger partial charge is 0.448 e. The molecule has 144 valence electrons. The SMILES string of the molecule is O=C1CC2CCCC(C1F)N2C(=O)OCC1c2ccccc2-c2ccccc21. The highest BCUT2D eigenvalue weighted by atomic mass is 19.1. The van der Waals surface area contributed by atoms with Crippen molar-refractivity contribution in [2.45, 2.75) is 49.9 Å². The molecule has 0 radical (unpaired) electrons. The molecule has 2 saturated heterocycles. The van der Waals surface area contributed by atoms with E-state index in [2.05, 4.69) is 24.3 Å². The molecule has 3 aliphatic rings. The molecule has 2 aliphatic heterocycles. The van der Waals surface area contributed by atoms with E-state index in [-0.39, 0.29) is 30.8 Å². The van der Waals surface area contributed by atoms with Crippen LogP contribution in [0.4, 0.5) is 9.18 Å². The number of ketones is 1. The number of piperidine rings is 2. The maximum atomic E-state index is 14.4. The highest BCUT2D eigenvalue weighted by Gasteiger charge is 2.47. The summed E-state index contributed by atoms with van der Waals surface area (Å²) in [6, 6.07) is 15.4. The number of hydrogen-bond donors (Lipinski definition) is 0. The van der Waals surface area contributed by atoms with Crippen LogP contribution < -0.4 is 0 Å². The fourth-order valence-electron chi connectivity index (χ4n) is 5.11. The Morgan fingerprint density at radius 3 is 2.36 bits per heavy atom. The van der Waals surface area contributed by atoms with Gasteiger partial charge in [-0.15, -0.1) is 0 Å². The summed E-state index contributed by atoms with van der Waals surface area (Å²) in [6.07, 6.45) is 0.119.